The third-order valence-electron chi connectivity index (χ3n) is 5.65. The second-order valence-corrected chi connectivity index (χ2v) is 7.57. The van der Waals surface area contributed by atoms with Gasteiger partial charge in [-0.25, -0.2) is 0 Å². The molecular weight excluding hydrogens is 372 g/mol. The van der Waals surface area contributed by atoms with Gasteiger partial charge in [-0.1, -0.05) is 42.5 Å². The van der Waals surface area contributed by atoms with Gasteiger partial charge >= 0.3 is 0 Å². The van der Waals surface area contributed by atoms with Gasteiger partial charge < -0.3 is 4.74 Å². The monoisotopic (exact) mass is 398 g/mol. The number of aromatic nitrogens is 1. The number of hydrogen-bond donors (Lipinski definition) is 0. The van der Waals surface area contributed by atoms with Gasteiger partial charge in [0.05, 0.1) is 12.6 Å². The molecule has 4 nitrogen and oxygen atoms in total. The number of rotatable bonds is 6. The summed E-state index contributed by atoms with van der Waals surface area (Å²) in [5, 5.41) is 0.997. The SMILES string of the molecule is C#CCCC(=O)n1cc(C2=CCN(Cc3ccccc3)CC2)c2c(OC)cccc21. The minimum Gasteiger partial charge on any atom is -0.496 e. The highest BCUT2D eigenvalue weighted by Crippen LogP contribution is 2.37. The summed E-state index contributed by atoms with van der Waals surface area (Å²) in [5.74, 6) is 3.36. The molecule has 4 heteroatoms. The van der Waals surface area contributed by atoms with Crippen molar-refractivity contribution in [2.45, 2.75) is 25.8 Å². The zero-order valence-electron chi connectivity index (χ0n) is 17.3. The Hall–Kier alpha value is -3.29. The maximum Gasteiger partial charge on any atom is 0.232 e. The van der Waals surface area contributed by atoms with E-state index >= 15 is 0 Å². The van der Waals surface area contributed by atoms with E-state index in [0.717, 1.165) is 48.3 Å². The van der Waals surface area contributed by atoms with Gasteiger partial charge in [-0.15, -0.1) is 12.3 Å². The third-order valence-corrected chi connectivity index (χ3v) is 5.65. The van der Waals surface area contributed by atoms with Crippen molar-refractivity contribution in [2.24, 2.45) is 0 Å². The van der Waals surface area contributed by atoms with Gasteiger partial charge in [-0.05, 0) is 29.7 Å². The molecule has 0 saturated heterocycles. The van der Waals surface area contributed by atoms with Crippen molar-refractivity contribution in [1.29, 1.82) is 0 Å². The number of methoxy groups -OCH3 is 1. The Morgan fingerprint density at radius 3 is 2.70 bits per heavy atom. The van der Waals surface area contributed by atoms with Gasteiger partial charge in [0.15, 0.2) is 0 Å². The van der Waals surface area contributed by atoms with Crippen LogP contribution in [0.4, 0.5) is 0 Å². The van der Waals surface area contributed by atoms with E-state index in [9.17, 15) is 4.79 Å². The second kappa shape index (κ2) is 9.02. The van der Waals surface area contributed by atoms with E-state index in [0.29, 0.717) is 12.8 Å². The van der Waals surface area contributed by atoms with Gasteiger partial charge in [0.1, 0.15) is 5.75 Å². The number of nitrogens with zero attached hydrogens (tertiary/aromatic N) is 2. The molecule has 2 heterocycles. The van der Waals surface area contributed by atoms with E-state index in [1.54, 1.807) is 11.7 Å². The molecule has 0 atom stereocenters. The van der Waals surface area contributed by atoms with Crippen molar-refractivity contribution in [1.82, 2.24) is 9.47 Å². The summed E-state index contributed by atoms with van der Waals surface area (Å²) in [7, 11) is 1.67. The topological polar surface area (TPSA) is 34.5 Å². The molecule has 1 aromatic heterocycles. The van der Waals surface area contributed by atoms with Crippen LogP contribution >= 0.6 is 0 Å². The molecule has 0 amide bonds. The fourth-order valence-corrected chi connectivity index (χ4v) is 4.11. The van der Waals surface area contributed by atoms with E-state index in [-0.39, 0.29) is 5.91 Å². The number of hydrogen-bond acceptors (Lipinski definition) is 3. The summed E-state index contributed by atoms with van der Waals surface area (Å²) in [6.45, 7) is 2.81. The molecule has 1 aliphatic heterocycles. The zero-order chi connectivity index (χ0) is 20.9. The highest BCUT2D eigenvalue weighted by atomic mass is 16.5. The minimum atomic E-state index is 0.0135. The van der Waals surface area contributed by atoms with Crippen LogP contribution < -0.4 is 4.74 Å². The average Bonchev–Trinajstić information content (AvgIpc) is 3.19. The van der Waals surface area contributed by atoms with Crippen LogP contribution in [0.25, 0.3) is 16.5 Å². The average molecular weight is 399 g/mol. The van der Waals surface area contributed by atoms with Crippen LogP contribution in [0.3, 0.4) is 0 Å². The van der Waals surface area contributed by atoms with E-state index in [1.807, 2.05) is 30.5 Å². The van der Waals surface area contributed by atoms with Crippen LogP contribution in [-0.4, -0.2) is 35.6 Å². The molecule has 0 N–H and O–H groups in total. The summed E-state index contributed by atoms with van der Waals surface area (Å²) >= 11 is 0. The fourth-order valence-electron chi connectivity index (χ4n) is 4.11. The lowest BCUT2D eigenvalue weighted by atomic mass is 9.98. The van der Waals surface area contributed by atoms with Gasteiger partial charge in [0, 0.05) is 49.6 Å². The Morgan fingerprint density at radius 2 is 2.00 bits per heavy atom. The Balaban J connectivity index is 1.65. The van der Waals surface area contributed by atoms with Crippen molar-refractivity contribution in [3.05, 3.63) is 71.9 Å². The van der Waals surface area contributed by atoms with Gasteiger partial charge in [-0.2, -0.15) is 0 Å². The standard InChI is InChI=1S/C26H26N2O2/c1-3-4-13-25(29)28-19-22(26-23(28)11-8-12-24(26)30-2)21-14-16-27(17-15-21)18-20-9-6-5-7-10-20/h1,5-12,14,19H,4,13,15-18H2,2H3. The molecule has 0 fully saturated rings. The van der Waals surface area contributed by atoms with Crippen LogP contribution in [0.15, 0.2) is 60.8 Å². The molecule has 0 aliphatic carbocycles. The third kappa shape index (κ3) is 4.03. The summed E-state index contributed by atoms with van der Waals surface area (Å²) in [4.78, 5) is 15.2. The molecular formula is C26H26N2O2. The van der Waals surface area contributed by atoms with Crippen LogP contribution in [0, 0.1) is 12.3 Å². The highest BCUT2D eigenvalue weighted by molar-refractivity contribution is 6.02. The zero-order valence-corrected chi connectivity index (χ0v) is 17.3. The number of carbonyl (C=O) groups is 1. The molecule has 0 unspecified atom stereocenters. The van der Waals surface area contributed by atoms with Gasteiger partial charge in [0.2, 0.25) is 5.91 Å². The lowest BCUT2D eigenvalue weighted by Crippen LogP contribution is -2.27. The van der Waals surface area contributed by atoms with Gasteiger partial charge in [0.25, 0.3) is 0 Å². The minimum absolute atomic E-state index is 0.0135. The van der Waals surface area contributed by atoms with Crippen molar-refractivity contribution in [2.75, 3.05) is 20.2 Å². The normalized spacial score (nSPS) is 14.3. The smallest absolute Gasteiger partial charge is 0.232 e. The Kier molecular flexibility index (Phi) is 6.02. The van der Waals surface area contributed by atoms with E-state index < -0.39 is 0 Å². The van der Waals surface area contributed by atoms with E-state index in [2.05, 4.69) is 41.2 Å². The summed E-state index contributed by atoms with van der Waals surface area (Å²) in [5.41, 5.74) is 4.54. The predicted molar refractivity (Wildman–Crippen MR) is 121 cm³/mol. The molecule has 0 bridgehead atoms. The Bertz CT molecular complexity index is 1120. The summed E-state index contributed by atoms with van der Waals surface area (Å²) in [6.07, 6.45) is 11.3. The maximum absolute atomic E-state index is 12.8. The quantitative estimate of drug-likeness (QED) is 0.549. The number of fused-ring (bicyclic) bond motifs is 1. The number of terminal acetylenes is 1. The molecule has 4 rings (SSSR count). The van der Waals surface area contributed by atoms with Crippen molar-refractivity contribution >= 4 is 22.4 Å². The Labute approximate surface area is 177 Å². The summed E-state index contributed by atoms with van der Waals surface area (Å²) in [6, 6.07) is 16.4. The van der Waals surface area contributed by atoms with Crippen LogP contribution in [0.2, 0.25) is 0 Å². The van der Waals surface area contributed by atoms with Crippen molar-refractivity contribution < 1.29 is 9.53 Å². The fraction of sp³-hybridized carbons (Fsp3) is 0.269. The van der Waals surface area contributed by atoms with Crippen LogP contribution in [-0.2, 0) is 6.54 Å². The first kappa shape index (κ1) is 20.0. The van der Waals surface area contributed by atoms with Crippen molar-refractivity contribution in [3.8, 4) is 18.1 Å². The van der Waals surface area contributed by atoms with Crippen molar-refractivity contribution in [3.63, 3.8) is 0 Å². The Morgan fingerprint density at radius 1 is 1.17 bits per heavy atom. The molecule has 30 heavy (non-hydrogen) atoms. The molecule has 0 spiro atoms. The number of ether oxygens (including phenoxy) is 1. The molecule has 1 aliphatic rings. The lowest BCUT2D eigenvalue weighted by Gasteiger charge is -2.26. The summed E-state index contributed by atoms with van der Waals surface area (Å²) < 4.78 is 7.38. The van der Waals surface area contributed by atoms with Crippen LogP contribution in [0.1, 0.15) is 35.2 Å². The van der Waals surface area contributed by atoms with E-state index in [1.165, 1.54) is 11.1 Å². The first-order valence-electron chi connectivity index (χ1n) is 10.3. The molecule has 0 saturated carbocycles. The molecule has 3 aromatic rings. The largest absolute Gasteiger partial charge is 0.496 e. The number of carbonyl (C=O) groups excluding carboxylic acids is 1. The molecule has 2 aromatic carbocycles. The van der Waals surface area contributed by atoms with Gasteiger partial charge in [-0.3, -0.25) is 14.3 Å². The first-order chi connectivity index (χ1) is 14.7. The van der Waals surface area contributed by atoms with Crippen LogP contribution in [0.5, 0.6) is 5.75 Å². The highest BCUT2D eigenvalue weighted by Gasteiger charge is 2.21. The second-order valence-electron chi connectivity index (χ2n) is 7.57. The molecule has 0 radical (unpaired) electrons. The first-order valence-corrected chi connectivity index (χ1v) is 10.3. The molecule has 152 valence electrons. The van der Waals surface area contributed by atoms with E-state index in [4.69, 9.17) is 11.2 Å². The number of benzene rings is 2. The predicted octanol–water partition coefficient (Wildman–Crippen LogP) is 4.99. The maximum atomic E-state index is 12.8. The lowest BCUT2D eigenvalue weighted by molar-refractivity contribution is 0.0910.